The predicted molar refractivity (Wildman–Crippen MR) is 88.7 cm³/mol. The second-order valence-electron chi connectivity index (χ2n) is 5.60. The molecule has 2 aromatic heterocycles. The van der Waals surface area contributed by atoms with Gasteiger partial charge in [0.1, 0.15) is 23.1 Å². The van der Waals surface area contributed by atoms with Crippen molar-refractivity contribution in [2.45, 2.75) is 6.92 Å². The Kier molecular flexibility index (Phi) is 4.11. The second kappa shape index (κ2) is 6.19. The third-order valence-corrected chi connectivity index (χ3v) is 3.58. The molecule has 0 saturated carbocycles. The minimum absolute atomic E-state index is 0.655. The van der Waals surface area contributed by atoms with Crippen LogP contribution in [0, 0.1) is 0 Å². The zero-order valence-corrected chi connectivity index (χ0v) is 13.2. The summed E-state index contributed by atoms with van der Waals surface area (Å²) in [6.07, 6.45) is 1.60. The lowest BCUT2D eigenvalue weighted by molar-refractivity contribution is -0.856. The lowest BCUT2D eigenvalue weighted by atomic mass is 10.2. The number of likely N-dealkylation sites (N-methyl/N-ethyl adjacent to an activating group) is 1. The van der Waals surface area contributed by atoms with Crippen molar-refractivity contribution >= 4 is 27.8 Å². The molecule has 2 heterocycles. The van der Waals surface area contributed by atoms with Crippen molar-refractivity contribution in [1.29, 1.82) is 0 Å². The first kappa shape index (κ1) is 14.6. The van der Waals surface area contributed by atoms with E-state index in [4.69, 9.17) is 4.74 Å². The summed E-state index contributed by atoms with van der Waals surface area (Å²) in [5, 5.41) is 4.45. The smallest absolute Gasteiger partial charge is 0.154 e. The van der Waals surface area contributed by atoms with E-state index in [1.165, 1.54) is 4.90 Å². The third kappa shape index (κ3) is 2.82. The zero-order valence-electron chi connectivity index (χ0n) is 13.2. The fourth-order valence-electron chi connectivity index (χ4n) is 2.49. The number of quaternary nitrogens is 1. The van der Waals surface area contributed by atoms with E-state index in [9.17, 15) is 0 Å². The molecule has 0 radical (unpaired) electrons. The van der Waals surface area contributed by atoms with Crippen molar-refractivity contribution in [2.75, 3.05) is 39.1 Å². The number of benzene rings is 1. The molecule has 0 aliphatic carbocycles. The molecule has 3 rings (SSSR count). The van der Waals surface area contributed by atoms with Crippen LogP contribution < -0.4 is 15.0 Å². The summed E-state index contributed by atoms with van der Waals surface area (Å²) in [4.78, 5) is 13.6. The number of fused-ring (bicyclic) bond motifs is 3. The minimum atomic E-state index is 0.655. The molecule has 0 fully saturated rings. The quantitative estimate of drug-likeness (QED) is 0.637. The lowest BCUT2D eigenvalue weighted by Gasteiger charge is -2.09. The van der Waals surface area contributed by atoms with Crippen molar-refractivity contribution in [1.82, 2.24) is 15.0 Å². The Labute approximate surface area is 129 Å². The molecule has 0 atom stereocenters. The van der Waals surface area contributed by atoms with Crippen molar-refractivity contribution in [3.63, 3.8) is 0 Å². The Balaban J connectivity index is 1.99. The summed E-state index contributed by atoms with van der Waals surface area (Å²) in [5.41, 5.74) is 2.91. The summed E-state index contributed by atoms with van der Waals surface area (Å²) < 4.78 is 5.58. The molecule has 22 heavy (non-hydrogen) atoms. The van der Waals surface area contributed by atoms with Crippen molar-refractivity contribution < 1.29 is 9.64 Å². The fraction of sp³-hybridized carbons (Fsp3) is 0.375. The van der Waals surface area contributed by atoms with Crippen LogP contribution in [0.3, 0.4) is 0 Å². The molecular formula is C16H22N5O+. The Bertz CT molecular complexity index is 781. The summed E-state index contributed by atoms with van der Waals surface area (Å²) in [6, 6.07) is 6.02. The van der Waals surface area contributed by atoms with E-state index in [1.807, 2.05) is 25.1 Å². The van der Waals surface area contributed by atoms with Crippen LogP contribution >= 0.6 is 0 Å². The molecule has 0 aliphatic rings. The number of nitrogens with one attached hydrogen (secondary N) is 3. The highest BCUT2D eigenvalue weighted by Gasteiger charge is 2.11. The number of anilines is 1. The highest BCUT2D eigenvalue weighted by Crippen LogP contribution is 2.29. The minimum Gasteiger partial charge on any atom is -0.494 e. The maximum atomic E-state index is 5.58. The van der Waals surface area contributed by atoms with Crippen LogP contribution in [0.5, 0.6) is 5.75 Å². The number of hydrogen-bond acceptors (Lipinski definition) is 4. The van der Waals surface area contributed by atoms with E-state index in [2.05, 4.69) is 34.4 Å². The number of rotatable bonds is 6. The van der Waals surface area contributed by atoms with Gasteiger partial charge in [-0.1, -0.05) is 0 Å². The van der Waals surface area contributed by atoms with Gasteiger partial charge in [0.25, 0.3) is 0 Å². The van der Waals surface area contributed by atoms with Crippen LogP contribution in [0.25, 0.3) is 21.9 Å². The van der Waals surface area contributed by atoms with Crippen LogP contribution in [0.4, 0.5) is 5.82 Å². The third-order valence-electron chi connectivity index (χ3n) is 3.58. The number of aromatic amines is 1. The highest BCUT2D eigenvalue weighted by molar-refractivity contribution is 6.08. The van der Waals surface area contributed by atoms with Gasteiger partial charge < -0.3 is 19.9 Å². The summed E-state index contributed by atoms with van der Waals surface area (Å²) in [6.45, 7) is 4.53. The van der Waals surface area contributed by atoms with E-state index < -0.39 is 0 Å². The van der Waals surface area contributed by atoms with Gasteiger partial charge in [-0.2, -0.15) is 0 Å². The fourth-order valence-corrected chi connectivity index (χ4v) is 2.49. The van der Waals surface area contributed by atoms with Gasteiger partial charge in [-0.3, -0.25) is 0 Å². The van der Waals surface area contributed by atoms with Gasteiger partial charge in [-0.15, -0.1) is 0 Å². The molecule has 3 aromatic rings. The molecule has 116 valence electrons. The number of nitrogens with zero attached hydrogens (tertiary/aromatic N) is 2. The molecule has 3 N–H and O–H groups in total. The molecule has 0 bridgehead atoms. The molecule has 6 heteroatoms. The molecule has 0 unspecified atom stereocenters. The van der Waals surface area contributed by atoms with Crippen molar-refractivity contribution in [2.24, 2.45) is 0 Å². The van der Waals surface area contributed by atoms with Crippen LogP contribution in [0.15, 0.2) is 24.5 Å². The van der Waals surface area contributed by atoms with Crippen molar-refractivity contribution in [3.8, 4) is 5.75 Å². The first-order chi connectivity index (χ1) is 10.7. The van der Waals surface area contributed by atoms with Crippen molar-refractivity contribution in [3.05, 3.63) is 24.5 Å². The Morgan fingerprint density at radius 1 is 1.27 bits per heavy atom. The van der Waals surface area contributed by atoms with E-state index >= 15 is 0 Å². The topological polar surface area (TPSA) is 67.3 Å². The average Bonchev–Trinajstić information content (AvgIpc) is 2.86. The van der Waals surface area contributed by atoms with Gasteiger partial charge in [-0.25, -0.2) is 9.97 Å². The lowest BCUT2D eigenvalue weighted by Crippen LogP contribution is -3.06. The van der Waals surface area contributed by atoms with E-state index in [0.29, 0.717) is 6.61 Å². The summed E-state index contributed by atoms with van der Waals surface area (Å²) in [7, 11) is 4.27. The monoisotopic (exact) mass is 300 g/mol. The SMILES string of the molecule is CCOc1ccc2[nH]c3c(NCC[NH+](C)C)ncnc3c2c1. The van der Waals surface area contributed by atoms with E-state index in [1.54, 1.807) is 6.33 Å². The molecular weight excluding hydrogens is 278 g/mol. The van der Waals surface area contributed by atoms with Gasteiger partial charge in [0, 0.05) is 10.9 Å². The molecule has 0 amide bonds. The summed E-state index contributed by atoms with van der Waals surface area (Å²) >= 11 is 0. The molecule has 1 aromatic carbocycles. The second-order valence-corrected chi connectivity index (χ2v) is 5.60. The molecule has 0 aliphatic heterocycles. The Hall–Kier alpha value is -2.34. The van der Waals surface area contributed by atoms with Crippen LogP contribution in [-0.2, 0) is 0 Å². The number of aromatic nitrogens is 3. The largest absolute Gasteiger partial charge is 0.494 e. The van der Waals surface area contributed by atoms with Gasteiger partial charge in [0.15, 0.2) is 5.82 Å². The highest BCUT2D eigenvalue weighted by atomic mass is 16.5. The Morgan fingerprint density at radius 2 is 2.14 bits per heavy atom. The maximum Gasteiger partial charge on any atom is 0.154 e. The normalized spacial score (nSPS) is 11.5. The first-order valence-electron chi connectivity index (χ1n) is 7.61. The van der Waals surface area contributed by atoms with Gasteiger partial charge in [0.2, 0.25) is 0 Å². The number of ether oxygens (including phenoxy) is 1. The van der Waals surface area contributed by atoms with E-state index in [0.717, 1.165) is 46.6 Å². The van der Waals surface area contributed by atoms with Gasteiger partial charge >= 0.3 is 0 Å². The maximum absolute atomic E-state index is 5.58. The molecule has 0 spiro atoms. The van der Waals surface area contributed by atoms with Crippen LogP contribution in [-0.4, -0.2) is 48.7 Å². The van der Waals surface area contributed by atoms with Gasteiger partial charge in [-0.05, 0) is 25.1 Å². The van der Waals surface area contributed by atoms with Gasteiger partial charge in [0.05, 0.1) is 33.8 Å². The first-order valence-corrected chi connectivity index (χ1v) is 7.61. The number of H-pyrrole nitrogens is 1. The molecule has 6 nitrogen and oxygen atoms in total. The zero-order chi connectivity index (χ0) is 15.5. The van der Waals surface area contributed by atoms with Crippen LogP contribution in [0.2, 0.25) is 0 Å². The van der Waals surface area contributed by atoms with Crippen LogP contribution in [0.1, 0.15) is 6.92 Å². The predicted octanol–water partition coefficient (Wildman–Crippen LogP) is 1.07. The van der Waals surface area contributed by atoms with E-state index in [-0.39, 0.29) is 0 Å². The number of hydrogen-bond donors (Lipinski definition) is 3. The Morgan fingerprint density at radius 3 is 2.91 bits per heavy atom. The molecule has 0 saturated heterocycles. The standard InChI is InChI=1S/C16H21N5O/c1-4-22-11-5-6-13-12(9-11)14-15(20-13)16(19-10-18-14)17-7-8-21(2)3/h5-6,9-10,20H,4,7-8H2,1-3H3,(H,17,18,19)/p+1. The summed E-state index contributed by atoms with van der Waals surface area (Å²) in [5.74, 6) is 1.71. The average molecular weight is 300 g/mol.